The van der Waals surface area contributed by atoms with Gasteiger partial charge in [-0.1, -0.05) is 52.3 Å². The minimum absolute atomic E-state index is 0.145. The Morgan fingerprint density at radius 2 is 1.67 bits per heavy atom. The van der Waals surface area contributed by atoms with Crippen LogP contribution in [0, 0.1) is 5.82 Å². The maximum atomic E-state index is 13.8. The molecule has 4 N–H and O–H groups in total. The van der Waals surface area contributed by atoms with Crippen molar-refractivity contribution in [1.82, 2.24) is 0 Å². The molecule has 0 aliphatic rings. The van der Waals surface area contributed by atoms with Gasteiger partial charge in [0.15, 0.2) is 0 Å². The van der Waals surface area contributed by atoms with Crippen molar-refractivity contribution in [2.75, 3.05) is 0 Å². The number of halogens is 2. The molecule has 0 bridgehead atoms. The lowest BCUT2D eigenvalue weighted by molar-refractivity contribution is 0.616. The topological polar surface area (TPSA) is 76.8 Å². The van der Waals surface area contributed by atoms with Gasteiger partial charge in [-0.25, -0.2) is 4.39 Å². The third-order valence-electron chi connectivity index (χ3n) is 2.79. The van der Waals surface area contributed by atoms with E-state index in [0.717, 1.165) is 10.0 Å². The van der Waals surface area contributed by atoms with Crippen molar-refractivity contribution >= 4 is 27.6 Å². The van der Waals surface area contributed by atoms with Gasteiger partial charge < -0.3 is 11.5 Å². The molecule has 2 aromatic carbocycles. The first-order valence-corrected chi connectivity index (χ1v) is 7.01. The van der Waals surface area contributed by atoms with E-state index in [0.29, 0.717) is 11.3 Å². The lowest BCUT2D eigenvalue weighted by Gasteiger charge is -2.08. The molecule has 0 amide bonds. The average molecular weight is 349 g/mol. The molecule has 0 spiro atoms. The fourth-order valence-corrected chi connectivity index (χ4v) is 2.33. The molecule has 0 radical (unpaired) electrons. The Morgan fingerprint density at radius 1 is 1.00 bits per heavy atom. The number of hydrogen-bond donors (Lipinski definition) is 2. The molecule has 108 valence electrons. The third-order valence-corrected chi connectivity index (χ3v) is 3.48. The summed E-state index contributed by atoms with van der Waals surface area (Å²) in [5.74, 6) is -0.435. The molecule has 0 heterocycles. The average Bonchev–Trinajstić information content (AvgIpc) is 2.46. The SMILES string of the molecule is NC(N)=NN=C(Cc1ccccc1F)c1ccccc1Br. The summed E-state index contributed by atoms with van der Waals surface area (Å²) in [6.07, 6.45) is 0.284. The van der Waals surface area contributed by atoms with Gasteiger partial charge in [-0.2, -0.15) is 5.10 Å². The second-order valence-corrected chi connectivity index (χ2v) is 5.17. The highest BCUT2D eigenvalue weighted by atomic mass is 79.9. The normalized spacial score (nSPS) is 11.2. The lowest BCUT2D eigenvalue weighted by Crippen LogP contribution is -2.22. The zero-order valence-electron chi connectivity index (χ0n) is 11.1. The van der Waals surface area contributed by atoms with Crippen LogP contribution in [-0.2, 0) is 6.42 Å². The summed E-state index contributed by atoms with van der Waals surface area (Å²) in [4.78, 5) is 0. The minimum Gasteiger partial charge on any atom is -0.369 e. The highest BCUT2D eigenvalue weighted by molar-refractivity contribution is 9.10. The molecule has 0 aliphatic heterocycles. The van der Waals surface area contributed by atoms with Gasteiger partial charge in [0.25, 0.3) is 0 Å². The number of rotatable bonds is 4. The van der Waals surface area contributed by atoms with Crippen molar-refractivity contribution < 1.29 is 4.39 Å². The predicted molar refractivity (Wildman–Crippen MR) is 86.6 cm³/mol. The van der Waals surface area contributed by atoms with Crippen LogP contribution in [0.3, 0.4) is 0 Å². The van der Waals surface area contributed by atoms with Gasteiger partial charge in [-0.3, -0.25) is 0 Å². The first kappa shape index (κ1) is 15.2. The summed E-state index contributed by atoms with van der Waals surface area (Å²) < 4.78 is 14.7. The molecule has 0 saturated carbocycles. The molecule has 0 aliphatic carbocycles. The Kier molecular flexibility index (Phi) is 5.05. The maximum absolute atomic E-state index is 13.8. The molecule has 4 nitrogen and oxygen atoms in total. The zero-order chi connectivity index (χ0) is 15.2. The largest absolute Gasteiger partial charge is 0.369 e. The Hall–Kier alpha value is -2.21. The summed E-state index contributed by atoms with van der Waals surface area (Å²) in [7, 11) is 0. The zero-order valence-corrected chi connectivity index (χ0v) is 12.7. The fraction of sp³-hybridized carbons (Fsp3) is 0.0667. The van der Waals surface area contributed by atoms with E-state index >= 15 is 0 Å². The van der Waals surface area contributed by atoms with E-state index < -0.39 is 0 Å². The van der Waals surface area contributed by atoms with Crippen molar-refractivity contribution in [3.05, 3.63) is 69.9 Å². The van der Waals surface area contributed by atoms with Crippen molar-refractivity contribution in [2.24, 2.45) is 21.7 Å². The van der Waals surface area contributed by atoms with Gasteiger partial charge >= 0.3 is 0 Å². The van der Waals surface area contributed by atoms with Gasteiger partial charge in [0.2, 0.25) is 5.96 Å². The van der Waals surface area contributed by atoms with Crippen LogP contribution in [-0.4, -0.2) is 11.7 Å². The second-order valence-electron chi connectivity index (χ2n) is 4.32. The first-order chi connectivity index (χ1) is 10.1. The van der Waals surface area contributed by atoms with E-state index in [1.165, 1.54) is 6.07 Å². The third kappa shape index (κ3) is 4.13. The number of nitrogens with zero attached hydrogens (tertiary/aromatic N) is 2. The summed E-state index contributed by atoms with van der Waals surface area (Å²) in [6, 6.07) is 14.0. The molecule has 0 fully saturated rings. The molecular weight excluding hydrogens is 335 g/mol. The van der Waals surface area contributed by atoms with Crippen LogP contribution in [0.25, 0.3) is 0 Å². The van der Waals surface area contributed by atoms with Crippen LogP contribution in [0.2, 0.25) is 0 Å². The van der Waals surface area contributed by atoms with Crippen LogP contribution in [0.15, 0.2) is 63.2 Å². The number of hydrogen-bond acceptors (Lipinski definition) is 2. The van der Waals surface area contributed by atoms with Gasteiger partial charge in [0.05, 0.1) is 5.71 Å². The maximum Gasteiger partial charge on any atom is 0.211 e. The highest BCUT2D eigenvalue weighted by Gasteiger charge is 2.11. The van der Waals surface area contributed by atoms with Crippen LogP contribution >= 0.6 is 15.9 Å². The molecule has 2 rings (SSSR count). The summed E-state index contributed by atoms with van der Waals surface area (Å²) in [5.41, 5.74) is 12.5. The Balaban J connectivity index is 2.43. The van der Waals surface area contributed by atoms with Crippen LogP contribution in [0.4, 0.5) is 4.39 Å². The smallest absolute Gasteiger partial charge is 0.211 e. The molecule has 2 aromatic rings. The van der Waals surface area contributed by atoms with Crippen LogP contribution in [0.5, 0.6) is 0 Å². The second kappa shape index (κ2) is 6.99. The fourth-order valence-electron chi connectivity index (χ4n) is 1.82. The summed E-state index contributed by atoms with van der Waals surface area (Å²) >= 11 is 3.45. The van der Waals surface area contributed by atoms with E-state index in [1.807, 2.05) is 24.3 Å². The molecule has 21 heavy (non-hydrogen) atoms. The van der Waals surface area contributed by atoms with Crippen molar-refractivity contribution in [3.63, 3.8) is 0 Å². The van der Waals surface area contributed by atoms with Crippen LogP contribution < -0.4 is 11.5 Å². The van der Waals surface area contributed by atoms with Crippen molar-refractivity contribution in [3.8, 4) is 0 Å². The van der Waals surface area contributed by atoms with Crippen molar-refractivity contribution in [2.45, 2.75) is 6.42 Å². The molecular formula is C15H14BrFN4. The molecule has 0 atom stereocenters. The quantitative estimate of drug-likeness (QED) is 0.506. The van der Waals surface area contributed by atoms with E-state index in [1.54, 1.807) is 18.2 Å². The van der Waals surface area contributed by atoms with Crippen LogP contribution in [0.1, 0.15) is 11.1 Å². The lowest BCUT2D eigenvalue weighted by atomic mass is 10.0. The highest BCUT2D eigenvalue weighted by Crippen LogP contribution is 2.20. The minimum atomic E-state index is -0.290. The van der Waals surface area contributed by atoms with E-state index in [-0.39, 0.29) is 18.2 Å². The van der Waals surface area contributed by atoms with E-state index in [9.17, 15) is 4.39 Å². The van der Waals surface area contributed by atoms with Gasteiger partial charge in [0.1, 0.15) is 5.82 Å². The molecule has 0 aromatic heterocycles. The molecule has 0 saturated heterocycles. The van der Waals surface area contributed by atoms with E-state index in [2.05, 4.69) is 26.1 Å². The van der Waals surface area contributed by atoms with E-state index in [4.69, 9.17) is 11.5 Å². The predicted octanol–water partition coefficient (Wildman–Crippen LogP) is 2.81. The monoisotopic (exact) mass is 348 g/mol. The Bertz CT molecular complexity index is 694. The molecule has 0 unspecified atom stereocenters. The number of guanidine groups is 1. The molecule has 6 heteroatoms. The van der Waals surface area contributed by atoms with Gasteiger partial charge in [-0.15, -0.1) is 5.10 Å². The Morgan fingerprint density at radius 3 is 2.33 bits per heavy atom. The van der Waals surface area contributed by atoms with Gasteiger partial charge in [0, 0.05) is 16.5 Å². The van der Waals surface area contributed by atoms with Gasteiger partial charge in [-0.05, 0) is 17.7 Å². The summed E-state index contributed by atoms with van der Waals surface area (Å²) in [6.45, 7) is 0. The number of nitrogens with two attached hydrogens (primary N) is 2. The standard InChI is InChI=1S/C15H14BrFN4/c16-12-7-3-2-6-11(12)14(20-21-15(18)19)9-10-5-1-4-8-13(10)17/h1-8H,9H2,(H4,18,19,21). The Labute approximate surface area is 130 Å². The van der Waals surface area contributed by atoms with Crippen molar-refractivity contribution in [1.29, 1.82) is 0 Å². The first-order valence-electron chi connectivity index (χ1n) is 6.21. The summed E-state index contributed by atoms with van der Waals surface area (Å²) in [5, 5.41) is 7.73. The number of benzene rings is 2.